The zero-order valence-corrected chi connectivity index (χ0v) is 32.0. The highest BCUT2D eigenvalue weighted by atomic mass is 28.4. The first-order chi connectivity index (χ1) is 20.7. The predicted octanol–water partition coefficient (Wildman–Crippen LogP) is 7.42. The Labute approximate surface area is 274 Å². The number of carbonyl (C=O) groups is 1. The van der Waals surface area contributed by atoms with Crippen molar-refractivity contribution in [2.24, 2.45) is 5.92 Å². The van der Waals surface area contributed by atoms with Gasteiger partial charge in [-0.2, -0.15) is 0 Å². The molecular weight excluding hydrogens is 605 g/mol. The van der Waals surface area contributed by atoms with Crippen LogP contribution in [0.2, 0.25) is 43.8 Å². The van der Waals surface area contributed by atoms with Gasteiger partial charge in [0, 0.05) is 27.7 Å². The van der Waals surface area contributed by atoms with Crippen molar-refractivity contribution < 1.29 is 38.0 Å². The Kier molecular flexibility index (Phi) is 14.1. The zero-order chi connectivity index (χ0) is 34.2. The molecule has 3 unspecified atom stereocenters. The SMILES string of the molecule is COCOc1cc(C)cc(/C=C/C[C@@H]2OC(C)(C)OC2C(O)C#CC(C)CO[Si](C)(C)C(C)(C)C)c1C(=O)OCC[Si](C)(C)C. The largest absolute Gasteiger partial charge is 0.467 e. The van der Waals surface area contributed by atoms with E-state index in [2.05, 4.69) is 65.3 Å². The Morgan fingerprint density at radius 2 is 1.80 bits per heavy atom. The molecule has 0 aliphatic carbocycles. The maximum atomic E-state index is 13.3. The van der Waals surface area contributed by atoms with E-state index < -0.39 is 46.5 Å². The highest BCUT2D eigenvalue weighted by Gasteiger charge is 2.44. The summed E-state index contributed by atoms with van der Waals surface area (Å²) in [7, 11) is -1.73. The Hall–Kier alpha value is -1.98. The zero-order valence-electron chi connectivity index (χ0n) is 30.0. The molecule has 1 N–H and O–H groups in total. The molecule has 2 rings (SSSR count). The number of ether oxygens (including phenoxy) is 5. The van der Waals surface area contributed by atoms with Gasteiger partial charge in [0.2, 0.25) is 0 Å². The molecule has 10 heteroatoms. The number of benzene rings is 1. The van der Waals surface area contributed by atoms with Gasteiger partial charge in [0.1, 0.15) is 23.5 Å². The van der Waals surface area contributed by atoms with Crippen LogP contribution in [0.1, 0.15) is 69.4 Å². The van der Waals surface area contributed by atoms with Crippen LogP contribution in [-0.4, -0.2) is 78.7 Å². The number of esters is 1. The summed E-state index contributed by atoms with van der Waals surface area (Å²) in [5.74, 6) is 5.21. The van der Waals surface area contributed by atoms with Crippen molar-refractivity contribution >= 4 is 28.4 Å². The minimum atomic E-state index is -1.89. The number of hydrogen-bond acceptors (Lipinski definition) is 8. The van der Waals surface area contributed by atoms with Crippen molar-refractivity contribution in [2.75, 3.05) is 27.1 Å². The molecule has 1 aromatic rings. The van der Waals surface area contributed by atoms with Gasteiger partial charge in [-0.15, -0.1) is 0 Å². The fourth-order valence-electron chi connectivity index (χ4n) is 4.43. The lowest BCUT2D eigenvalue weighted by molar-refractivity contribution is -0.151. The second-order valence-electron chi connectivity index (χ2n) is 15.2. The molecule has 1 saturated heterocycles. The molecule has 254 valence electrons. The molecule has 1 aromatic carbocycles. The normalized spacial score (nSPS) is 20.0. The predicted molar refractivity (Wildman–Crippen MR) is 186 cm³/mol. The molecule has 0 spiro atoms. The van der Waals surface area contributed by atoms with Crippen LogP contribution in [0.3, 0.4) is 0 Å². The maximum absolute atomic E-state index is 13.3. The number of aryl methyl sites for hydroxylation is 1. The summed E-state index contributed by atoms with van der Waals surface area (Å²) in [6.45, 7) is 26.3. The molecule has 0 saturated carbocycles. The lowest BCUT2D eigenvalue weighted by Crippen LogP contribution is -2.41. The van der Waals surface area contributed by atoms with E-state index in [1.54, 1.807) is 0 Å². The van der Waals surface area contributed by atoms with Crippen LogP contribution >= 0.6 is 0 Å². The van der Waals surface area contributed by atoms with Crippen LogP contribution in [0.15, 0.2) is 18.2 Å². The Morgan fingerprint density at radius 3 is 2.40 bits per heavy atom. The minimum Gasteiger partial charge on any atom is -0.467 e. The Bertz CT molecular complexity index is 1220. The highest BCUT2D eigenvalue weighted by Crippen LogP contribution is 2.37. The number of methoxy groups -OCH3 is 1. The third-order valence-corrected chi connectivity index (χ3v) is 14.3. The van der Waals surface area contributed by atoms with E-state index in [1.807, 2.05) is 52.0 Å². The van der Waals surface area contributed by atoms with Crippen LogP contribution < -0.4 is 4.74 Å². The molecule has 0 amide bonds. The number of aliphatic hydroxyl groups excluding tert-OH is 1. The first-order valence-electron chi connectivity index (χ1n) is 15.9. The van der Waals surface area contributed by atoms with Crippen LogP contribution in [0, 0.1) is 24.7 Å². The van der Waals surface area contributed by atoms with Gasteiger partial charge in [-0.1, -0.05) is 70.5 Å². The molecule has 4 atom stereocenters. The van der Waals surface area contributed by atoms with Crippen molar-refractivity contribution in [1.29, 1.82) is 0 Å². The van der Waals surface area contributed by atoms with Gasteiger partial charge >= 0.3 is 5.97 Å². The highest BCUT2D eigenvalue weighted by molar-refractivity contribution is 6.76. The maximum Gasteiger partial charge on any atom is 0.342 e. The summed E-state index contributed by atoms with van der Waals surface area (Å²) in [6.07, 6.45) is 2.10. The summed E-state index contributed by atoms with van der Waals surface area (Å²) in [4.78, 5) is 13.3. The van der Waals surface area contributed by atoms with Crippen molar-refractivity contribution in [1.82, 2.24) is 0 Å². The smallest absolute Gasteiger partial charge is 0.342 e. The van der Waals surface area contributed by atoms with E-state index in [-0.39, 0.29) is 17.7 Å². The average Bonchev–Trinajstić information content (AvgIpc) is 3.21. The topological polar surface area (TPSA) is 92.7 Å². The molecule has 0 bridgehead atoms. The van der Waals surface area contributed by atoms with Gasteiger partial charge < -0.3 is 33.2 Å². The number of hydrogen-bond donors (Lipinski definition) is 1. The number of aliphatic hydroxyl groups is 1. The molecule has 1 heterocycles. The van der Waals surface area contributed by atoms with Gasteiger partial charge in [0.05, 0.1) is 12.7 Å². The van der Waals surface area contributed by atoms with Crippen molar-refractivity contribution in [3.8, 4) is 17.6 Å². The quantitative estimate of drug-likeness (QED) is 0.0953. The second kappa shape index (κ2) is 16.2. The second-order valence-corrected chi connectivity index (χ2v) is 25.6. The molecule has 0 radical (unpaired) electrons. The molecule has 1 aliphatic rings. The lowest BCUT2D eigenvalue weighted by Gasteiger charge is -2.36. The number of rotatable bonds is 14. The summed E-state index contributed by atoms with van der Waals surface area (Å²) in [6, 6.07) is 4.60. The van der Waals surface area contributed by atoms with E-state index >= 15 is 0 Å². The first kappa shape index (κ1) is 39.2. The van der Waals surface area contributed by atoms with Crippen molar-refractivity contribution in [2.45, 2.75) is 123 Å². The monoisotopic (exact) mass is 662 g/mol. The third-order valence-electron chi connectivity index (χ3n) is 8.08. The van der Waals surface area contributed by atoms with Gasteiger partial charge in [-0.3, -0.25) is 0 Å². The minimum absolute atomic E-state index is 0.00572. The molecule has 1 aliphatic heterocycles. The third kappa shape index (κ3) is 12.6. The van der Waals surface area contributed by atoms with Crippen molar-refractivity contribution in [3.63, 3.8) is 0 Å². The van der Waals surface area contributed by atoms with E-state index in [9.17, 15) is 9.90 Å². The van der Waals surface area contributed by atoms with Gasteiger partial charge in [0.25, 0.3) is 0 Å². The van der Waals surface area contributed by atoms with Crippen LogP contribution in [0.4, 0.5) is 0 Å². The van der Waals surface area contributed by atoms with E-state index in [1.165, 1.54) is 7.11 Å². The fourth-order valence-corrected chi connectivity index (χ4v) is 6.25. The van der Waals surface area contributed by atoms with Gasteiger partial charge in [-0.25, -0.2) is 4.79 Å². The first-order valence-corrected chi connectivity index (χ1v) is 22.6. The van der Waals surface area contributed by atoms with Crippen LogP contribution in [-0.2, 0) is 23.4 Å². The average molecular weight is 663 g/mol. The Balaban J connectivity index is 2.22. The fraction of sp³-hybridized carbons (Fsp3) is 0.686. The molecule has 8 nitrogen and oxygen atoms in total. The standard InChI is InChI=1S/C35H58O8Si2/c1-25(23-41-45(12,13)34(3,4)5)17-18-28(36)32-29(42-35(6,7)43-32)16-14-15-27-21-26(2)22-30(40-24-38-8)31(27)33(37)39-19-20-44(9,10)11/h14-15,21-22,25,28-29,32,36H,16,19-20,23-24H2,1-13H3/b15-14+/t25?,28?,29-,32?/m0/s1. The van der Waals surface area contributed by atoms with Crippen LogP contribution in [0.5, 0.6) is 5.75 Å². The van der Waals surface area contributed by atoms with Gasteiger partial charge in [0.15, 0.2) is 20.9 Å². The summed E-state index contributed by atoms with van der Waals surface area (Å²) >= 11 is 0. The summed E-state index contributed by atoms with van der Waals surface area (Å²) < 4.78 is 35.2. The molecule has 1 fully saturated rings. The molecular formula is C35H58O8Si2. The molecule has 0 aromatic heterocycles. The van der Waals surface area contributed by atoms with E-state index in [0.29, 0.717) is 36.5 Å². The van der Waals surface area contributed by atoms with Crippen molar-refractivity contribution in [3.05, 3.63) is 34.9 Å². The van der Waals surface area contributed by atoms with Crippen LogP contribution in [0.25, 0.3) is 6.08 Å². The van der Waals surface area contributed by atoms with E-state index in [4.69, 9.17) is 28.1 Å². The summed E-state index contributed by atoms with van der Waals surface area (Å²) in [5, 5.41) is 11.2. The summed E-state index contributed by atoms with van der Waals surface area (Å²) in [5.41, 5.74) is 1.95. The van der Waals surface area contributed by atoms with Gasteiger partial charge in [-0.05, 0) is 75.5 Å². The lowest BCUT2D eigenvalue weighted by atomic mass is 10.0. The molecule has 45 heavy (non-hydrogen) atoms. The Morgan fingerprint density at radius 1 is 1.13 bits per heavy atom. The van der Waals surface area contributed by atoms with E-state index in [0.717, 1.165) is 11.6 Å². The number of carbonyl (C=O) groups excluding carboxylic acids is 1.